The molecule has 2 aromatic rings. The van der Waals surface area contributed by atoms with E-state index in [2.05, 4.69) is 105 Å². The molecule has 0 aromatic heterocycles. The third kappa shape index (κ3) is 2.88. The van der Waals surface area contributed by atoms with E-state index in [-0.39, 0.29) is 5.41 Å². The topological polar surface area (TPSA) is 0 Å². The highest BCUT2D eigenvalue weighted by molar-refractivity contribution is 14.1. The van der Waals surface area contributed by atoms with Gasteiger partial charge in [0.1, 0.15) is 0 Å². The number of fused-ring (bicyclic) bond motifs is 1. The summed E-state index contributed by atoms with van der Waals surface area (Å²) in [5.74, 6) is 1.24. The molecule has 0 spiro atoms. The summed E-state index contributed by atoms with van der Waals surface area (Å²) in [6, 6.07) is 15.9. The lowest BCUT2D eigenvalue weighted by atomic mass is 9.75. The number of hydrogen-bond donors (Lipinski definition) is 0. The summed E-state index contributed by atoms with van der Waals surface area (Å²) in [7, 11) is 0. The summed E-state index contributed by atoms with van der Waals surface area (Å²) < 4.78 is 1.28. The van der Waals surface area contributed by atoms with Crippen molar-refractivity contribution in [1.82, 2.24) is 0 Å². The second-order valence-corrected chi connectivity index (χ2v) is 8.34. The van der Waals surface area contributed by atoms with Crippen molar-refractivity contribution in [2.45, 2.75) is 45.4 Å². The van der Waals surface area contributed by atoms with Crippen LogP contribution in [0.4, 0.5) is 0 Å². The molecule has 1 aliphatic rings. The quantitative estimate of drug-likeness (QED) is 0.376. The number of halogens is 1. The maximum atomic E-state index is 2.43. The van der Waals surface area contributed by atoms with Crippen molar-refractivity contribution in [3.8, 4) is 11.1 Å². The molecule has 1 aliphatic carbocycles. The second-order valence-electron chi connectivity index (χ2n) is 7.10. The summed E-state index contributed by atoms with van der Waals surface area (Å²) in [4.78, 5) is 0. The summed E-state index contributed by atoms with van der Waals surface area (Å²) in [5.41, 5.74) is 5.93. The van der Waals surface area contributed by atoms with Gasteiger partial charge in [0.05, 0.1) is 0 Å². The molecule has 0 radical (unpaired) electrons. The molecule has 2 unspecified atom stereocenters. The van der Waals surface area contributed by atoms with Gasteiger partial charge >= 0.3 is 0 Å². The molecular weight excluding hydrogens is 391 g/mol. The van der Waals surface area contributed by atoms with Crippen molar-refractivity contribution in [1.29, 1.82) is 0 Å². The highest BCUT2D eigenvalue weighted by Gasteiger charge is 2.43. The van der Waals surface area contributed by atoms with Crippen LogP contribution in [-0.2, 0) is 5.41 Å². The molecule has 2 atom stereocenters. The van der Waals surface area contributed by atoms with Crippen LogP contribution in [0, 0.1) is 9.49 Å². The zero-order chi connectivity index (χ0) is 16.6. The molecule has 0 heterocycles. The summed E-state index contributed by atoms with van der Waals surface area (Å²) in [6.07, 6.45) is 5.84. The number of benzene rings is 2. The number of rotatable bonds is 3. The van der Waals surface area contributed by atoms with Gasteiger partial charge < -0.3 is 0 Å². The van der Waals surface area contributed by atoms with Crippen LogP contribution < -0.4 is 0 Å². The van der Waals surface area contributed by atoms with Crippen LogP contribution in [0.3, 0.4) is 0 Å². The molecule has 0 fully saturated rings. The lowest BCUT2D eigenvalue weighted by Gasteiger charge is -2.29. The van der Waals surface area contributed by atoms with E-state index in [1.807, 2.05) is 0 Å². The Hall–Kier alpha value is -1.09. The van der Waals surface area contributed by atoms with Crippen LogP contribution in [0.15, 0.2) is 54.6 Å². The van der Waals surface area contributed by atoms with E-state index in [0.29, 0.717) is 11.8 Å². The third-order valence-corrected chi connectivity index (χ3v) is 6.15. The molecule has 0 bridgehead atoms. The molecular formula is C22H25I. The van der Waals surface area contributed by atoms with Gasteiger partial charge in [-0.1, -0.05) is 63.3 Å². The van der Waals surface area contributed by atoms with Crippen LogP contribution in [0.1, 0.15) is 51.2 Å². The lowest BCUT2D eigenvalue weighted by Crippen LogP contribution is -2.24. The Morgan fingerprint density at radius 1 is 1.04 bits per heavy atom. The molecule has 2 aromatic carbocycles. The normalized spacial score (nSPS) is 22.5. The van der Waals surface area contributed by atoms with Gasteiger partial charge in [-0.05, 0) is 87.6 Å². The number of hydrogen-bond acceptors (Lipinski definition) is 0. The minimum atomic E-state index is 0.196. The van der Waals surface area contributed by atoms with Gasteiger partial charge in [0.2, 0.25) is 0 Å². The average molecular weight is 416 g/mol. The SMILES string of the molecule is C/C=C\C1C(CC)c2ccc(-c3ccc(I)cc3)cc2C1(C)C. The minimum absolute atomic E-state index is 0.196. The fourth-order valence-corrected chi connectivity index (χ4v) is 4.55. The summed E-state index contributed by atoms with van der Waals surface area (Å²) in [6.45, 7) is 9.27. The van der Waals surface area contributed by atoms with E-state index >= 15 is 0 Å². The van der Waals surface area contributed by atoms with E-state index in [1.54, 1.807) is 5.56 Å². The summed E-state index contributed by atoms with van der Waals surface area (Å²) in [5, 5.41) is 0. The standard InChI is InChI=1S/C22H25I/c1-5-7-20-18(6-2)19-13-10-16(14-21(19)22(20,3)4)15-8-11-17(23)12-9-15/h5,7-14,18,20H,6H2,1-4H3/b7-5-. The molecule has 0 saturated heterocycles. The Balaban J connectivity index is 2.10. The molecule has 0 N–H and O–H groups in total. The van der Waals surface area contributed by atoms with Crippen LogP contribution in [0.2, 0.25) is 0 Å². The van der Waals surface area contributed by atoms with Gasteiger partial charge in [-0.25, -0.2) is 0 Å². The van der Waals surface area contributed by atoms with Crippen molar-refractivity contribution in [3.05, 3.63) is 69.3 Å². The highest BCUT2D eigenvalue weighted by atomic mass is 127. The molecule has 0 amide bonds. The van der Waals surface area contributed by atoms with E-state index in [0.717, 1.165) is 0 Å². The van der Waals surface area contributed by atoms with Crippen LogP contribution >= 0.6 is 22.6 Å². The smallest absolute Gasteiger partial charge is 0.0130 e. The van der Waals surface area contributed by atoms with Gasteiger partial charge in [0.25, 0.3) is 0 Å². The first-order valence-corrected chi connectivity index (χ1v) is 9.60. The van der Waals surface area contributed by atoms with Crippen molar-refractivity contribution < 1.29 is 0 Å². The van der Waals surface area contributed by atoms with Crippen molar-refractivity contribution >= 4 is 22.6 Å². The van der Waals surface area contributed by atoms with Crippen molar-refractivity contribution in [2.75, 3.05) is 0 Å². The highest BCUT2D eigenvalue weighted by Crippen LogP contribution is 2.53. The van der Waals surface area contributed by atoms with Crippen LogP contribution in [0.25, 0.3) is 11.1 Å². The van der Waals surface area contributed by atoms with Crippen LogP contribution in [0.5, 0.6) is 0 Å². The summed E-state index contributed by atoms with van der Waals surface area (Å²) >= 11 is 2.36. The average Bonchev–Trinajstić information content (AvgIpc) is 2.76. The maximum Gasteiger partial charge on any atom is 0.0130 e. The molecule has 0 saturated carbocycles. The van der Waals surface area contributed by atoms with Gasteiger partial charge in [-0.15, -0.1) is 0 Å². The first-order valence-electron chi connectivity index (χ1n) is 8.52. The van der Waals surface area contributed by atoms with E-state index in [9.17, 15) is 0 Å². The van der Waals surface area contributed by atoms with Gasteiger partial charge in [0, 0.05) is 3.57 Å². The van der Waals surface area contributed by atoms with Gasteiger partial charge in [0.15, 0.2) is 0 Å². The minimum Gasteiger partial charge on any atom is -0.0913 e. The Morgan fingerprint density at radius 3 is 2.30 bits per heavy atom. The van der Waals surface area contributed by atoms with Crippen molar-refractivity contribution in [3.63, 3.8) is 0 Å². The molecule has 23 heavy (non-hydrogen) atoms. The Kier molecular flexibility index (Phi) is 4.68. The van der Waals surface area contributed by atoms with Crippen molar-refractivity contribution in [2.24, 2.45) is 5.92 Å². The predicted molar refractivity (Wildman–Crippen MR) is 109 cm³/mol. The molecule has 120 valence electrons. The Labute approximate surface area is 154 Å². The van der Waals surface area contributed by atoms with Gasteiger partial charge in [-0.3, -0.25) is 0 Å². The first kappa shape index (κ1) is 16.8. The fraction of sp³-hybridized carbons (Fsp3) is 0.364. The molecule has 1 heteroatoms. The number of allylic oxidation sites excluding steroid dienone is 2. The molecule has 0 nitrogen and oxygen atoms in total. The Bertz CT molecular complexity index is 722. The van der Waals surface area contributed by atoms with E-state index < -0.39 is 0 Å². The lowest BCUT2D eigenvalue weighted by molar-refractivity contribution is 0.363. The predicted octanol–water partition coefficient (Wildman–Crippen LogP) is 6.94. The third-order valence-electron chi connectivity index (χ3n) is 5.43. The van der Waals surface area contributed by atoms with E-state index in [1.165, 1.54) is 26.7 Å². The fourth-order valence-electron chi connectivity index (χ4n) is 4.19. The van der Waals surface area contributed by atoms with Crippen LogP contribution in [-0.4, -0.2) is 0 Å². The second kappa shape index (κ2) is 6.43. The maximum absolute atomic E-state index is 2.43. The Morgan fingerprint density at radius 2 is 1.70 bits per heavy atom. The largest absolute Gasteiger partial charge is 0.0913 e. The molecule has 3 rings (SSSR count). The zero-order valence-electron chi connectivity index (χ0n) is 14.4. The van der Waals surface area contributed by atoms with Gasteiger partial charge in [-0.2, -0.15) is 0 Å². The monoisotopic (exact) mass is 416 g/mol. The first-order chi connectivity index (χ1) is 11.0. The van der Waals surface area contributed by atoms with E-state index in [4.69, 9.17) is 0 Å². The molecule has 0 aliphatic heterocycles. The zero-order valence-corrected chi connectivity index (χ0v) is 16.6.